The van der Waals surface area contributed by atoms with Crippen LogP contribution in [0.25, 0.3) is 0 Å². The SMILES string of the molecule is NCc1c(F)cc(C(F)(F)F)nc1C(F)F. The van der Waals surface area contributed by atoms with Gasteiger partial charge in [-0.2, -0.15) is 13.2 Å². The second-order valence-electron chi connectivity index (χ2n) is 2.86. The molecule has 1 aromatic heterocycles. The lowest BCUT2D eigenvalue weighted by atomic mass is 10.1. The molecule has 1 rings (SSSR count). The Bertz CT molecular complexity index is 387. The van der Waals surface area contributed by atoms with E-state index in [1.165, 1.54) is 0 Å². The van der Waals surface area contributed by atoms with Crippen LogP contribution in [0.15, 0.2) is 6.07 Å². The molecule has 1 aromatic rings. The number of hydrogen-bond donors (Lipinski definition) is 1. The van der Waals surface area contributed by atoms with E-state index in [1.54, 1.807) is 0 Å². The van der Waals surface area contributed by atoms with Crippen LogP contribution in [0.3, 0.4) is 0 Å². The highest BCUT2D eigenvalue weighted by molar-refractivity contribution is 5.27. The van der Waals surface area contributed by atoms with Gasteiger partial charge in [-0.05, 0) is 0 Å². The number of nitrogens with two attached hydrogens (primary N) is 1. The summed E-state index contributed by atoms with van der Waals surface area (Å²) in [4.78, 5) is 2.68. The largest absolute Gasteiger partial charge is 0.433 e. The zero-order valence-corrected chi connectivity index (χ0v) is 7.65. The number of nitrogens with zero attached hydrogens (tertiary/aromatic N) is 1. The molecule has 0 amide bonds. The summed E-state index contributed by atoms with van der Waals surface area (Å²) in [5.74, 6) is -1.43. The Morgan fingerprint density at radius 3 is 2.25 bits per heavy atom. The number of alkyl halides is 5. The van der Waals surface area contributed by atoms with E-state index < -0.39 is 41.9 Å². The van der Waals surface area contributed by atoms with Crippen molar-refractivity contribution in [2.24, 2.45) is 5.73 Å². The summed E-state index contributed by atoms with van der Waals surface area (Å²) in [6.45, 7) is -0.642. The topological polar surface area (TPSA) is 38.9 Å². The van der Waals surface area contributed by atoms with Crippen LogP contribution in [0.4, 0.5) is 26.3 Å². The molecule has 0 bridgehead atoms. The quantitative estimate of drug-likeness (QED) is 0.812. The first-order valence-corrected chi connectivity index (χ1v) is 4.02. The first-order valence-electron chi connectivity index (χ1n) is 4.02. The summed E-state index contributed by atoms with van der Waals surface area (Å²) in [7, 11) is 0. The lowest BCUT2D eigenvalue weighted by Crippen LogP contribution is -2.15. The molecule has 0 aliphatic carbocycles. The smallest absolute Gasteiger partial charge is 0.326 e. The summed E-state index contributed by atoms with van der Waals surface area (Å²) < 4.78 is 74.1. The van der Waals surface area contributed by atoms with Crippen molar-refractivity contribution in [2.75, 3.05) is 0 Å². The Labute approximate surface area is 86.1 Å². The van der Waals surface area contributed by atoms with E-state index in [0.29, 0.717) is 0 Å². The molecule has 2 nitrogen and oxygen atoms in total. The summed E-state index contributed by atoms with van der Waals surface area (Å²) in [5, 5.41) is 0. The fraction of sp³-hybridized carbons (Fsp3) is 0.375. The third-order valence-corrected chi connectivity index (χ3v) is 1.80. The zero-order valence-electron chi connectivity index (χ0n) is 7.65. The minimum atomic E-state index is -4.97. The third-order valence-electron chi connectivity index (χ3n) is 1.80. The van der Waals surface area contributed by atoms with Gasteiger partial charge in [-0.3, -0.25) is 0 Å². The number of aromatic nitrogens is 1. The lowest BCUT2D eigenvalue weighted by molar-refractivity contribution is -0.141. The maximum absolute atomic E-state index is 13.0. The minimum Gasteiger partial charge on any atom is -0.326 e. The molecule has 0 aliphatic rings. The van der Waals surface area contributed by atoms with Gasteiger partial charge in [0.2, 0.25) is 0 Å². The minimum absolute atomic E-state index is 0.0497. The standard InChI is InChI=1S/C8H6F6N2/c9-4-1-5(8(12,13)14)16-6(7(10)11)3(4)2-15/h1,7H,2,15H2. The van der Waals surface area contributed by atoms with E-state index in [4.69, 9.17) is 5.73 Å². The Kier molecular flexibility index (Phi) is 3.41. The van der Waals surface area contributed by atoms with Crippen LogP contribution in [0.1, 0.15) is 23.4 Å². The fourth-order valence-electron chi connectivity index (χ4n) is 1.09. The molecular formula is C8H6F6N2. The second-order valence-corrected chi connectivity index (χ2v) is 2.86. The molecule has 8 heteroatoms. The summed E-state index contributed by atoms with van der Waals surface area (Å²) >= 11 is 0. The predicted octanol–water partition coefficient (Wildman–Crippen LogP) is 2.64. The van der Waals surface area contributed by atoms with Crippen LogP contribution < -0.4 is 5.73 Å². The first kappa shape index (κ1) is 12.8. The van der Waals surface area contributed by atoms with Gasteiger partial charge in [0.05, 0.1) is 0 Å². The molecule has 16 heavy (non-hydrogen) atoms. The molecule has 0 atom stereocenters. The monoisotopic (exact) mass is 244 g/mol. The Balaban J connectivity index is 3.40. The van der Waals surface area contributed by atoms with Crippen LogP contribution in [0, 0.1) is 5.82 Å². The van der Waals surface area contributed by atoms with Crippen LogP contribution in [-0.2, 0) is 12.7 Å². The average molecular weight is 244 g/mol. The Morgan fingerprint density at radius 1 is 1.31 bits per heavy atom. The van der Waals surface area contributed by atoms with Gasteiger partial charge in [-0.25, -0.2) is 18.2 Å². The Morgan fingerprint density at radius 2 is 1.88 bits per heavy atom. The number of halogens is 6. The van der Waals surface area contributed by atoms with Gasteiger partial charge in [0.25, 0.3) is 6.43 Å². The highest BCUT2D eigenvalue weighted by Gasteiger charge is 2.35. The van der Waals surface area contributed by atoms with Crippen molar-refractivity contribution in [3.63, 3.8) is 0 Å². The van der Waals surface area contributed by atoms with E-state index in [9.17, 15) is 26.3 Å². The molecule has 0 aromatic carbocycles. The summed E-state index contributed by atoms with van der Waals surface area (Å²) in [6.07, 6.45) is -8.28. The Hall–Kier alpha value is -1.31. The van der Waals surface area contributed by atoms with E-state index in [0.717, 1.165) is 0 Å². The van der Waals surface area contributed by atoms with Crippen molar-refractivity contribution in [1.29, 1.82) is 0 Å². The van der Waals surface area contributed by atoms with Gasteiger partial charge in [-0.15, -0.1) is 0 Å². The van der Waals surface area contributed by atoms with E-state index >= 15 is 0 Å². The number of pyridine rings is 1. The molecule has 0 radical (unpaired) electrons. The normalized spacial score (nSPS) is 12.2. The van der Waals surface area contributed by atoms with Gasteiger partial charge >= 0.3 is 6.18 Å². The lowest BCUT2D eigenvalue weighted by Gasteiger charge is -2.11. The summed E-state index contributed by atoms with van der Waals surface area (Å²) in [6, 6.07) is 0.0497. The molecule has 1 heterocycles. The molecular weight excluding hydrogens is 238 g/mol. The predicted molar refractivity (Wildman–Crippen MR) is 42.0 cm³/mol. The maximum Gasteiger partial charge on any atom is 0.433 e. The van der Waals surface area contributed by atoms with Gasteiger partial charge in [0.15, 0.2) is 0 Å². The van der Waals surface area contributed by atoms with E-state index in [1.807, 2.05) is 0 Å². The van der Waals surface area contributed by atoms with Crippen molar-refractivity contribution in [1.82, 2.24) is 4.98 Å². The van der Waals surface area contributed by atoms with Crippen LogP contribution in [-0.4, -0.2) is 4.98 Å². The molecule has 0 spiro atoms. The third kappa shape index (κ3) is 2.43. The van der Waals surface area contributed by atoms with Crippen molar-refractivity contribution < 1.29 is 26.3 Å². The van der Waals surface area contributed by atoms with Crippen LogP contribution >= 0.6 is 0 Å². The summed E-state index contributed by atoms with van der Waals surface area (Å²) in [5.41, 5.74) is 1.28. The molecule has 90 valence electrons. The number of hydrogen-bond acceptors (Lipinski definition) is 2. The van der Waals surface area contributed by atoms with Crippen LogP contribution in [0.5, 0.6) is 0 Å². The van der Waals surface area contributed by atoms with Crippen molar-refractivity contribution in [3.8, 4) is 0 Å². The molecule has 0 unspecified atom stereocenters. The number of rotatable bonds is 2. The maximum atomic E-state index is 13.0. The van der Waals surface area contributed by atoms with E-state index in [2.05, 4.69) is 4.98 Å². The van der Waals surface area contributed by atoms with Gasteiger partial charge in [0.1, 0.15) is 17.2 Å². The molecule has 0 aliphatic heterocycles. The van der Waals surface area contributed by atoms with Gasteiger partial charge in [-0.1, -0.05) is 0 Å². The first-order chi connectivity index (χ1) is 7.27. The van der Waals surface area contributed by atoms with Crippen molar-refractivity contribution >= 4 is 0 Å². The highest BCUT2D eigenvalue weighted by Crippen LogP contribution is 2.32. The van der Waals surface area contributed by atoms with Gasteiger partial charge < -0.3 is 5.73 Å². The molecule has 0 saturated carbocycles. The highest BCUT2D eigenvalue weighted by atomic mass is 19.4. The molecule has 2 N–H and O–H groups in total. The van der Waals surface area contributed by atoms with E-state index in [-0.39, 0.29) is 6.07 Å². The second kappa shape index (κ2) is 4.28. The molecule has 0 fully saturated rings. The van der Waals surface area contributed by atoms with Crippen molar-refractivity contribution in [2.45, 2.75) is 19.1 Å². The zero-order chi connectivity index (χ0) is 12.5. The van der Waals surface area contributed by atoms with Crippen molar-refractivity contribution in [3.05, 3.63) is 28.8 Å². The van der Waals surface area contributed by atoms with Crippen LogP contribution in [0.2, 0.25) is 0 Å². The van der Waals surface area contributed by atoms with Gasteiger partial charge in [0, 0.05) is 18.2 Å². The average Bonchev–Trinajstić information content (AvgIpc) is 2.14. The fourth-order valence-corrected chi connectivity index (χ4v) is 1.09. The molecule has 0 saturated heterocycles.